The van der Waals surface area contributed by atoms with Gasteiger partial charge in [-0.15, -0.1) is 0 Å². The van der Waals surface area contributed by atoms with E-state index in [0.717, 1.165) is 0 Å². The third-order valence-electron chi connectivity index (χ3n) is 3.61. The number of carbonyl (C=O) groups excluding carboxylic acids is 2. The van der Waals surface area contributed by atoms with Gasteiger partial charge < -0.3 is 16.0 Å². The first-order chi connectivity index (χ1) is 8.04. The smallest absolute Gasteiger partial charge is 0.239 e. The lowest BCUT2D eigenvalue weighted by atomic mass is 10.1. The van der Waals surface area contributed by atoms with Gasteiger partial charge in [0.1, 0.15) is 6.17 Å². The molecule has 2 rings (SSSR count). The summed E-state index contributed by atoms with van der Waals surface area (Å²) in [5.74, 6) is -0.520. The number of likely N-dealkylation sites (tertiary alicyclic amines) is 1. The van der Waals surface area contributed by atoms with E-state index in [1.165, 1.54) is 4.90 Å². The third-order valence-corrected chi connectivity index (χ3v) is 3.61. The number of nitrogens with zero attached hydrogens (tertiary/aromatic N) is 1. The minimum absolute atomic E-state index is 0.0666. The van der Waals surface area contributed by atoms with E-state index in [1.54, 1.807) is 7.05 Å². The Labute approximate surface area is 99.5 Å². The Bertz CT molecular complexity index is 337. The monoisotopic (exact) mass is 243 g/mol. The Morgan fingerprint density at radius 2 is 2.24 bits per heavy atom. The zero-order valence-electron chi connectivity index (χ0n) is 9.86. The molecule has 5 nitrogen and oxygen atoms in total. The molecule has 3 N–H and O–H groups in total. The van der Waals surface area contributed by atoms with Crippen molar-refractivity contribution in [3.63, 3.8) is 0 Å². The standard InChI is InChI=1S/C11H18FN3O2/c1-14-10(16)8-4-7(8)9(13)11(17)15-3-2-6(12)5-15/h6-9H,2-5,13H2,1H3,(H,14,16)/t6-,7+,8-,9-/m0/s1. The molecule has 1 saturated heterocycles. The fourth-order valence-corrected chi connectivity index (χ4v) is 2.41. The summed E-state index contributed by atoms with van der Waals surface area (Å²) < 4.78 is 13.0. The molecule has 1 aliphatic heterocycles. The second-order valence-corrected chi connectivity index (χ2v) is 4.82. The molecule has 96 valence electrons. The van der Waals surface area contributed by atoms with Crippen molar-refractivity contribution in [1.29, 1.82) is 0 Å². The lowest BCUT2D eigenvalue weighted by molar-refractivity contribution is -0.132. The van der Waals surface area contributed by atoms with Gasteiger partial charge in [0.05, 0.1) is 12.6 Å². The molecular formula is C11H18FN3O2. The number of nitrogens with two attached hydrogens (primary N) is 1. The molecule has 0 bridgehead atoms. The van der Waals surface area contributed by atoms with Gasteiger partial charge >= 0.3 is 0 Å². The van der Waals surface area contributed by atoms with Crippen molar-refractivity contribution in [3.8, 4) is 0 Å². The molecule has 4 atom stereocenters. The Morgan fingerprint density at radius 3 is 2.76 bits per heavy atom. The van der Waals surface area contributed by atoms with Crippen LogP contribution in [0.3, 0.4) is 0 Å². The Morgan fingerprint density at radius 1 is 1.53 bits per heavy atom. The van der Waals surface area contributed by atoms with Crippen LogP contribution < -0.4 is 11.1 Å². The summed E-state index contributed by atoms with van der Waals surface area (Å²) in [6, 6.07) is -0.664. The lowest BCUT2D eigenvalue weighted by Gasteiger charge is -2.20. The molecule has 2 amide bonds. The van der Waals surface area contributed by atoms with E-state index in [9.17, 15) is 14.0 Å². The second kappa shape index (κ2) is 4.60. The van der Waals surface area contributed by atoms with Gasteiger partial charge in [-0.05, 0) is 18.8 Å². The van der Waals surface area contributed by atoms with Crippen LogP contribution in [-0.4, -0.2) is 49.1 Å². The van der Waals surface area contributed by atoms with E-state index in [-0.39, 0.29) is 30.2 Å². The first kappa shape index (κ1) is 12.3. The largest absolute Gasteiger partial charge is 0.359 e. The highest BCUT2D eigenvalue weighted by Crippen LogP contribution is 2.41. The summed E-state index contributed by atoms with van der Waals surface area (Å²) in [7, 11) is 1.57. The van der Waals surface area contributed by atoms with Gasteiger partial charge in [-0.1, -0.05) is 0 Å². The number of amides is 2. The van der Waals surface area contributed by atoms with Crippen molar-refractivity contribution in [3.05, 3.63) is 0 Å². The predicted octanol–water partition coefficient (Wildman–Crippen LogP) is -0.734. The molecule has 0 unspecified atom stereocenters. The van der Waals surface area contributed by atoms with Crippen LogP contribution in [-0.2, 0) is 9.59 Å². The number of rotatable bonds is 3. The highest BCUT2D eigenvalue weighted by atomic mass is 19.1. The molecule has 1 saturated carbocycles. The summed E-state index contributed by atoms with van der Waals surface area (Å²) in [4.78, 5) is 24.7. The molecule has 0 spiro atoms. The fourth-order valence-electron chi connectivity index (χ4n) is 2.41. The SMILES string of the molecule is CNC(=O)[C@H]1C[C@H]1[C@H](N)C(=O)N1CC[C@H](F)C1. The number of carbonyl (C=O) groups is 2. The molecular weight excluding hydrogens is 225 g/mol. The number of hydrogen-bond donors (Lipinski definition) is 2. The van der Waals surface area contributed by atoms with Gasteiger partial charge in [-0.25, -0.2) is 4.39 Å². The van der Waals surface area contributed by atoms with Gasteiger partial charge in [0.25, 0.3) is 0 Å². The molecule has 0 aromatic rings. The third kappa shape index (κ3) is 2.41. The maximum atomic E-state index is 13.0. The summed E-state index contributed by atoms with van der Waals surface area (Å²) in [6.45, 7) is 0.578. The highest BCUT2D eigenvalue weighted by molar-refractivity contribution is 5.87. The van der Waals surface area contributed by atoms with Gasteiger partial charge in [0.15, 0.2) is 0 Å². The second-order valence-electron chi connectivity index (χ2n) is 4.82. The van der Waals surface area contributed by atoms with Crippen LogP contribution in [0.15, 0.2) is 0 Å². The van der Waals surface area contributed by atoms with Crippen LogP contribution in [0.1, 0.15) is 12.8 Å². The number of nitrogens with one attached hydrogen (secondary N) is 1. The minimum Gasteiger partial charge on any atom is -0.359 e. The van der Waals surface area contributed by atoms with Crippen molar-refractivity contribution in [2.75, 3.05) is 20.1 Å². The molecule has 2 aliphatic rings. The minimum atomic E-state index is -0.930. The number of halogens is 1. The van der Waals surface area contributed by atoms with Crippen LogP contribution in [0.4, 0.5) is 4.39 Å². The van der Waals surface area contributed by atoms with Gasteiger partial charge in [0.2, 0.25) is 11.8 Å². The van der Waals surface area contributed by atoms with Crippen LogP contribution >= 0.6 is 0 Å². The van der Waals surface area contributed by atoms with E-state index in [0.29, 0.717) is 19.4 Å². The van der Waals surface area contributed by atoms with Crippen molar-refractivity contribution in [2.24, 2.45) is 17.6 Å². The van der Waals surface area contributed by atoms with Crippen LogP contribution in [0, 0.1) is 11.8 Å². The average molecular weight is 243 g/mol. The maximum Gasteiger partial charge on any atom is 0.239 e. The van der Waals surface area contributed by atoms with Gasteiger partial charge in [0, 0.05) is 19.5 Å². The molecule has 17 heavy (non-hydrogen) atoms. The average Bonchev–Trinajstić information content (AvgIpc) is 3.01. The summed E-state index contributed by atoms with van der Waals surface area (Å²) in [5.41, 5.74) is 5.84. The first-order valence-corrected chi connectivity index (χ1v) is 5.94. The molecule has 0 radical (unpaired) electrons. The normalized spacial score (nSPS) is 33.4. The molecule has 0 aromatic heterocycles. The lowest BCUT2D eigenvalue weighted by Crippen LogP contribution is -2.45. The summed E-state index contributed by atoms with van der Waals surface area (Å²) in [5, 5.41) is 2.55. The van der Waals surface area contributed by atoms with Crippen molar-refractivity contribution in [1.82, 2.24) is 10.2 Å². The van der Waals surface area contributed by atoms with E-state index in [4.69, 9.17) is 5.73 Å². The van der Waals surface area contributed by atoms with Gasteiger partial charge in [-0.2, -0.15) is 0 Å². The van der Waals surface area contributed by atoms with E-state index < -0.39 is 12.2 Å². The van der Waals surface area contributed by atoms with E-state index >= 15 is 0 Å². The Kier molecular flexibility index (Phi) is 3.33. The topological polar surface area (TPSA) is 75.4 Å². The van der Waals surface area contributed by atoms with Gasteiger partial charge in [-0.3, -0.25) is 9.59 Å². The zero-order valence-corrected chi connectivity index (χ0v) is 9.86. The van der Waals surface area contributed by atoms with Crippen molar-refractivity contribution < 1.29 is 14.0 Å². The first-order valence-electron chi connectivity index (χ1n) is 5.94. The summed E-state index contributed by atoms with van der Waals surface area (Å²) >= 11 is 0. The fraction of sp³-hybridized carbons (Fsp3) is 0.818. The van der Waals surface area contributed by atoms with Crippen LogP contribution in [0.5, 0.6) is 0 Å². The number of hydrogen-bond acceptors (Lipinski definition) is 3. The van der Waals surface area contributed by atoms with Crippen molar-refractivity contribution in [2.45, 2.75) is 25.1 Å². The predicted molar refractivity (Wildman–Crippen MR) is 59.7 cm³/mol. The van der Waals surface area contributed by atoms with E-state index in [1.807, 2.05) is 0 Å². The Balaban J connectivity index is 1.87. The number of alkyl halides is 1. The molecule has 1 aliphatic carbocycles. The zero-order chi connectivity index (χ0) is 12.6. The Hall–Kier alpha value is -1.17. The molecule has 0 aromatic carbocycles. The van der Waals surface area contributed by atoms with E-state index in [2.05, 4.69) is 5.32 Å². The molecule has 2 fully saturated rings. The maximum absolute atomic E-state index is 13.0. The molecule has 1 heterocycles. The summed E-state index contributed by atoms with van der Waals surface area (Å²) in [6.07, 6.45) is 0.113. The highest BCUT2D eigenvalue weighted by Gasteiger charge is 2.49. The van der Waals surface area contributed by atoms with Crippen LogP contribution in [0.2, 0.25) is 0 Å². The quantitative estimate of drug-likeness (QED) is 0.686. The van der Waals surface area contributed by atoms with Crippen molar-refractivity contribution >= 4 is 11.8 Å². The molecule has 6 heteroatoms. The van der Waals surface area contributed by atoms with Crippen LogP contribution in [0.25, 0.3) is 0 Å².